The summed E-state index contributed by atoms with van der Waals surface area (Å²) < 4.78 is 0. The number of nitrogens with one attached hydrogen (secondary N) is 2. The van der Waals surface area contributed by atoms with E-state index in [9.17, 15) is 9.90 Å². The molecule has 2 aromatic carbocycles. The minimum absolute atomic E-state index is 0.192. The van der Waals surface area contributed by atoms with Gasteiger partial charge in [-0.25, -0.2) is 5.43 Å². The smallest absolute Gasteiger partial charge is 0.262 e. The van der Waals surface area contributed by atoms with Crippen LogP contribution in [-0.4, -0.2) is 23.3 Å². The summed E-state index contributed by atoms with van der Waals surface area (Å²) in [5, 5.41) is 16.2. The average molecular weight is 297 g/mol. The lowest BCUT2D eigenvalue weighted by atomic mass is 10.2. The fraction of sp³-hybridized carbons (Fsp3) is 0.176. The van der Waals surface area contributed by atoms with Crippen LogP contribution in [0.25, 0.3) is 0 Å². The van der Waals surface area contributed by atoms with Gasteiger partial charge >= 0.3 is 0 Å². The Morgan fingerprint density at radius 1 is 1.23 bits per heavy atom. The van der Waals surface area contributed by atoms with Crippen molar-refractivity contribution < 1.29 is 9.90 Å². The van der Waals surface area contributed by atoms with Crippen molar-refractivity contribution in [3.05, 3.63) is 59.7 Å². The maximum atomic E-state index is 11.9. The van der Waals surface area contributed by atoms with E-state index in [0.29, 0.717) is 0 Å². The number of hydrogen-bond acceptors (Lipinski definition) is 4. The van der Waals surface area contributed by atoms with Gasteiger partial charge in [0, 0.05) is 5.69 Å². The van der Waals surface area contributed by atoms with E-state index in [2.05, 4.69) is 15.8 Å². The Hall–Kier alpha value is -2.82. The van der Waals surface area contributed by atoms with Gasteiger partial charge in [-0.05, 0) is 61.4 Å². The topological polar surface area (TPSA) is 73.7 Å². The molecule has 0 aliphatic heterocycles. The molecule has 0 aliphatic rings. The number of anilines is 1. The molecule has 1 amide bonds. The van der Waals surface area contributed by atoms with Gasteiger partial charge in [-0.3, -0.25) is 4.79 Å². The quantitative estimate of drug-likeness (QED) is 0.587. The fourth-order valence-corrected chi connectivity index (χ4v) is 1.88. The third-order valence-corrected chi connectivity index (χ3v) is 3.08. The van der Waals surface area contributed by atoms with Gasteiger partial charge in [-0.15, -0.1) is 0 Å². The minimum Gasteiger partial charge on any atom is -0.508 e. The molecule has 0 heterocycles. The summed E-state index contributed by atoms with van der Waals surface area (Å²) in [6.45, 7) is 3.77. The summed E-state index contributed by atoms with van der Waals surface area (Å²) >= 11 is 0. The molecule has 0 saturated heterocycles. The van der Waals surface area contributed by atoms with E-state index in [0.717, 1.165) is 16.8 Å². The van der Waals surface area contributed by atoms with E-state index >= 15 is 0 Å². The van der Waals surface area contributed by atoms with Crippen LogP contribution in [0.1, 0.15) is 18.1 Å². The minimum atomic E-state index is -0.404. The van der Waals surface area contributed by atoms with Crippen LogP contribution in [0.15, 0.2) is 53.6 Å². The first-order valence-electron chi connectivity index (χ1n) is 7.00. The lowest BCUT2D eigenvalue weighted by Crippen LogP contribution is -2.34. The highest BCUT2D eigenvalue weighted by molar-refractivity contribution is 5.86. The first-order chi connectivity index (χ1) is 10.5. The second-order valence-corrected chi connectivity index (χ2v) is 5.06. The summed E-state index contributed by atoms with van der Waals surface area (Å²) in [5.74, 6) is -0.0336. The fourth-order valence-electron chi connectivity index (χ4n) is 1.88. The molecule has 0 aromatic heterocycles. The Labute approximate surface area is 129 Å². The first-order valence-corrected chi connectivity index (χ1v) is 7.00. The molecule has 114 valence electrons. The number of hydrogen-bond donors (Lipinski definition) is 3. The molecule has 22 heavy (non-hydrogen) atoms. The van der Waals surface area contributed by atoms with Gasteiger partial charge in [-0.2, -0.15) is 5.10 Å². The molecule has 0 radical (unpaired) electrons. The van der Waals surface area contributed by atoms with Gasteiger partial charge in [0.2, 0.25) is 0 Å². The van der Waals surface area contributed by atoms with Crippen LogP contribution >= 0.6 is 0 Å². The van der Waals surface area contributed by atoms with Crippen molar-refractivity contribution in [2.75, 3.05) is 5.32 Å². The summed E-state index contributed by atoms with van der Waals surface area (Å²) in [4.78, 5) is 11.9. The Kier molecular flexibility index (Phi) is 5.14. The average Bonchev–Trinajstić information content (AvgIpc) is 2.49. The Morgan fingerprint density at radius 3 is 2.64 bits per heavy atom. The Morgan fingerprint density at radius 2 is 1.95 bits per heavy atom. The predicted octanol–water partition coefficient (Wildman–Crippen LogP) is 2.65. The monoisotopic (exact) mass is 297 g/mol. The van der Waals surface area contributed by atoms with Gasteiger partial charge in [0.05, 0.1) is 6.21 Å². The highest BCUT2D eigenvalue weighted by Gasteiger charge is 2.11. The number of phenols is 1. The number of hydrazone groups is 1. The van der Waals surface area contributed by atoms with Crippen LogP contribution in [0.3, 0.4) is 0 Å². The first kappa shape index (κ1) is 15.6. The van der Waals surface area contributed by atoms with Crippen LogP contribution in [0, 0.1) is 6.92 Å². The lowest BCUT2D eigenvalue weighted by Gasteiger charge is -2.13. The van der Waals surface area contributed by atoms with Crippen molar-refractivity contribution in [2.45, 2.75) is 19.9 Å². The van der Waals surface area contributed by atoms with E-state index in [1.807, 2.05) is 31.2 Å². The number of nitrogens with zero attached hydrogens (tertiary/aromatic N) is 1. The number of aromatic hydroxyl groups is 1. The summed E-state index contributed by atoms with van der Waals surface area (Å²) in [7, 11) is 0. The molecule has 0 unspecified atom stereocenters. The zero-order chi connectivity index (χ0) is 15.9. The van der Waals surface area contributed by atoms with Crippen molar-refractivity contribution in [3.8, 4) is 5.75 Å². The number of carbonyl (C=O) groups is 1. The highest BCUT2D eigenvalue weighted by atomic mass is 16.3. The number of carbonyl (C=O) groups excluding carboxylic acids is 1. The Balaban J connectivity index is 1.87. The molecule has 2 rings (SSSR count). The molecule has 0 saturated carbocycles. The predicted molar refractivity (Wildman–Crippen MR) is 88.1 cm³/mol. The van der Waals surface area contributed by atoms with Crippen LogP contribution < -0.4 is 10.7 Å². The van der Waals surface area contributed by atoms with Gasteiger partial charge in [-0.1, -0.05) is 12.1 Å². The van der Waals surface area contributed by atoms with Crippen molar-refractivity contribution in [1.29, 1.82) is 0 Å². The molecule has 1 atom stereocenters. The SMILES string of the molecule is Cc1cccc(N[C@@H](C)C(=O)N/N=C\c2ccc(O)cc2)c1. The molecule has 5 heteroatoms. The van der Waals surface area contributed by atoms with E-state index in [1.165, 1.54) is 6.21 Å². The molecular weight excluding hydrogens is 278 g/mol. The van der Waals surface area contributed by atoms with Crippen molar-refractivity contribution in [1.82, 2.24) is 5.43 Å². The second-order valence-electron chi connectivity index (χ2n) is 5.06. The molecule has 0 spiro atoms. The third kappa shape index (κ3) is 4.63. The highest BCUT2D eigenvalue weighted by Crippen LogP contribution is 2.11. The van der Waals surface area contributed by atoms with Crippen molar-refractivity contribution >= 4 is 17.8 Å². The molecule has 0 bridgehead atoms. The molecule has 5 nitrogen and oxygen atoms in total. The van der Waals surface area contributed by atoms with Crippen LogP contribution in [0.5, 0.6) is 5.75 Å². The summed E-state index contributed by atoms with van der Waals surface area (Å²) in [5.41, 5.74) is 5.30. The standard InChI is InChI=1S/C17H19N3O2/c1-12-4-3-5-15(10-12)19-13(2)17(22)20-18-11-14-6-8-16(21)9-7-14/h3-11,13,19,21H,1-2H3,(H,20,22)/b18-11-/t13-/m0/s1. The second kappa shape index (κ2) is 7.26. The van der Waals surface area contributed by atoms with Gasteiger partial charge in [0.1, 0.15) is 11.8 Å². The summed E-state index contributed by atoms with van der Waals surface area (Å²) in [6, 6.07) is 14.0. The number of aryl methyl sites for hydroxylation is 1. The van der Waals surface area contributed by atoms with Crippen LogP contribution in [0.2, 0.25) is 0 Å². The zero-order valence-electron chi connectivity index (χ0n) is 12.6. The Bertz CT molecular complexity index is 666. The van der Waals surface area contributed by atoms with E-state index in [-0.39, 0.29) is 11.7 Å². The van der Waals surface area contributed by atoms with E-state index in [4.69, 9.17) is 0 Å². The molecule has 3 N–H and O–H groups in total. The van der Waals surface area contributed by atoms with E-state index < -0.39 is 6.04 Å². The number of amides is 1. The van der Waals surface area contributed by atoms with E-state index in [1.54, 1.807) is 31.2 Å². The number of phenolic OH excluding ortho intramolecular Hbond substituents is 1. The van der Waals surface area contributed by atoms with Crippen molar-refractivity contribution in [3.63, 3.8) is 0 Å². The normalized spacial score (nSPS) is 12.1. The maximum Gasteiger partial charge on any atom is 0.262 e. The van der Waals surface area contributed by atoms with Gasteiger partial charge in [0.25, 0.3) is 5.91 Å². The van der Waals surface area contributed by atoms with Crippen molar-refractivity contribution in [2.24, 2.45) is 5.10 Å². The van der Waals surface area contributed by atoms with Crippen LogP contribution in [0.4, 0.5) is 5.69 Å². The maximum absolute atomic E-state index is 11.9. The molecule has 0 fully saturated rings. The summed E-state index contributed by atoms with van der Waals surface area (Å²) in [6.07, 6.45) is 1.52. The number of rotatable bonds is 5. The van der Waals surface area contributed by atoms with Gasteiger partial charge in [0.15, 0.2) is 0 Å². The molecular formula is C17H19N3O2. The lowest BCUT2D eigenvalue weighted by molar-refractivity contribution is -0.121. The third-order valence-electron chi connectivity index (χ3n) is 3.08. The largest absolute Gasteiger partial charge is 0.508 e. The molecule has 2 aromatic rings. The molecule has 0 aliphatic carbocycles. The zero-order valence-corrected chi connectivity index (χ0v) is 12.6. The van der Waals surface area contributed by atoms with Gasteiger partial charge < -0.3 is 10.4 Å². The van der Waals surface area contributed by atoms with Crippen LogP contribution in [-0.2, 0) is 4.79 Å². The number of benzene rings is 2.